The van der Waals surface area contributed by atoms with E-state index in [1.807, 2.05) is 0 Å². The zero-order valence-electron chi connectivity index (χ0n) is 17.9. The summed E-state index contributed by atoms with van der Waals surface area (Å²) >= 11 is 0. The highest BCUT2D eigenvalue weighted by Crippen LogP contribution is 2.41. The van der Waals surface area contributed by atoms with E-state index >= 15 is 0 Å². The third-order valence-corrected chi connectivity index (χ3v) is 7.75. The van der Waals surface area contributed by atoms with Crippen LogP contribution in [0.25, 0.3) is 0 Å². The van der Waals surface area contributed by atoms with E-state index in [2.05, 4.69) is 0 Å². The van der Waals surface area contributed by atoms with Crippen molar-refractivity contribution < 1.29 is 32.5 Å². The number of amides is 1. The second kappa shape index (κ2) is 9.32. The molecule has 2 fully saturated rings. The van der Waals surface area contributed by atoms with Crippen molar-refractivity contribution in [2.45, 2.75) is 36.0 Å². The molecule has 2 aliphatic heterocycles. The van der Waals surface area contributed by atoms with Crippen LogP contribution in [0.5, 0.6) is 0 Å². The number of aromatic nitrogens is 1. The Balaban J connectivity index is 1.65. The normalized spacial score (nSPS) is 21.9. The largest absolute Gasteiger partial charge is 0.384 e. The summed E-state index contributed by atoms with van der Waals surface area (Å²) in [6.45, 7) is 1.57. The molecule has 174 valence electrons. The van der Waals surface area contributed by atoms with Crippen LogP contribution in [-0.4, -0.2) is 68.2 Å². The molecule has 10 heteroatoms. The van der Waals surface area contributed by atoms with Crippen LogP contribution < -0.4 is 0 Å². The van der Waals surface area contributed by atoms with Crippen molar-refractivity contribution in [2.24, 2.45) is 5.92 Å². The maximum atomic E-state index is 13.0. The van der Waals surface area contributed by atoms with E-state index in [9.17, 15) is 18.3 Å². The van der Waals surface area contributed by atoms with Gasteiger partial charge in [-0.25, -0.2) is 12.4 Å². The smallest absolute Gasteiger partial charge is 0.267 e. The predicted octanol–water partition coefficient (Wildman–Crippen LogP) is 1.52. The Labute approximate surface area is 187 Å². The second-order valence-electron chi connectivity index (χ2n) is 8.04. The number of carbonyl (C=O) groups excluding carboxylic acids is 1. The summed E-state index contributed by atoms with van der Waals surface area (Å²) in [7, 11) is -2.31. The molecule has 0 saturated carbocycles. The lowest BCUT2D eigenvalue weighted by atomic mass is 9.78. The van der Waals surface area contributed by atoms with E-state index in [1.54, 1.807) is 29.2 Å². The lowest BCUT2D eigenvalue weighted by Gasteiger charge is -2.33. The Morgan fingerprint density at radius 1 is 1.19 bits per heavy atom. The van der Waals surface area contributed by atoms with Crippen LogP contribution in [-0.2, 0) is 34.6 Å². The van der Waals surface area contributed by atoms with Gasteiger partial charge in [-0.2, -0.15) is 0 Å². The van der Waals surface area contributed by atoms with Crippen molar-refractivity contribution in [3.05, 3.63) is 54.4 Å². The Kier molecular flexibility index (Phi) is 6.68. The third-order valence-electron chi connectivity index (χ3n) is 6.10. The second-order valence-corrected chi connectivity index (χ2v) is 9.89. The third kappa shape index (κ3) is 4.33. The molecule has 1 amide bonds. The molecular formula is C22H28N2O7S. The predicted molar refractivity (Wildman–Crippen MR) is 114 cm³/mol. The maximum Gasteiger partial charge on any atom is 0.267 e. The lowest BCUT2D eigenvalue weighted by Crippen LogP contribution is -2.41. The highest BCUT2D eigenvalue weighted by atomic mass is 32.2. The number of hydrogen-bond donors (Lipinski definition) is 1. The molecule has 0 radical (unpaired) electrons. The van der Waals surface area contributed by atoms with Crippen LogP contribution in [0.4, 0.5) is 0 Å². The summed E-state index contributed by atoms with van der Waals surface area (Å²) in [4.78, 5) is 14.7. The average molecular weight is 465 g/mol. The van der Waals surface area contributed by atoms with Crippen LogP contribution in [0.2, 0.25) is 0 Å². The minimum atomic E-state index is -3.82. The van der Waals surface area contributed by atoms with Gasteiger partial charge in [0.25, 0.3) is 10.0 Å². The SMILES string of the molecule is COCN1CCC(C(O)(CCC2OCCO2)c2ccn(S(=O)(=O)c3ccccc3)c2)C1=O. The van der Waals surface area contributed by atoms with E-state index in [4.69, 9.17) is 14.2 Å². The van der Waals surface area contributed by atoms with Crippen molar-refractivity contribution in [1.82, 2.24) is 8.87 Å². The molecule has 2 saturated heterocycles. The van der Waals surface area contributed by atoms with Crippen molar-refractivity contribution in [1.29, 1.82) is 0 Å². The molecule has 2 atom stereocenters. The monoisotopic (exact) mass is 464 g/mol. The van der Waals surface area contributed by atoms with E-state index in [0.717, 1.165) is 3.97 Å². The van der Waals surface area contributed by atoms with Crippen molar-refractivity contribution >= 4 is 15.9 Å². The lowest BCUT2D eigenvalue weighted by molar-refractivity contribution is -0.145. The molecule has 3 heterocycles. The summed E-state index contributed by atoms with van der Waals surface area (Å²) in [6.07, 6.45) is 3.33. The first-order valence-corrected chi connectivity index (χ1v) is 12.0. The molecule has 32 heavy (non-hydrogen) atoms. The van der Waals surface area contributed by atoms with Crippen LogP contribution in [0.1, 0.15) is 24.8 Å². The number of aliphatic hydroxyl groups is 1. The average Bonchev–Trinajstić information content (AvgIpc) is 3.56. The molecule has 2 aliphatic rings. The number of hydrogen-bond acceptors (Lipinski definition) is 7. The van der Waals surface area contributed by atoms with Crippen LogP contribution >= 0.6 is 0 Å². The van der Waals surface area contributed by atoms with Crippen LogP contribution in [0.15, 0.2) is 53.7 Å². The summed E-state index contributed by atoms with van der Waals surface area (Å²) in [6, 6.07) is 9.62. The Morgan fingerprint density at radius 3 is 2.59 bits per heavy atom. The first-order valence-electron chi connectivity index (χ1n) is 10.6. The molecular weight excluding hydrogens is 436 g/mol. The minimum Gasteiger partial charge on any atom is -0.384 e. The van der Waals surface area contributed by atoms with E-state index in [1.165, 1.54) is 31.6 Å². The summed E-state index contributed by atoms with van der Waals surface area (Å²) < 4.78 is 43.2. The minimum absolute atomic E-state index is 0.140. The molecule has 1 aromatic heterocycles. The van der Waals surface area contributed by atoms with Gasteiger partial charge in [0.15, 0.2) is 6.29 Å². The first kappa shape index (κ1) is 22.9. The highest BCUT2D eigenvalue weighted by Gasteiger charge is 2.48. The molecule has 0 aliphatic carbocycles. The molecule has 4 rings (SSSR count). The van der Waals surface area contributed by atoms with Crippen LogP contribution in [0, 0.1) is 5.92 Å². The molecule has 2 unspecified atom stereocenters. The van der Waals surface area contributed by atoms with E-state index in [0.29, 0.717) is 38.2 Å². The van der Waals surface area contributed by atoms with Gasteiger partial charge in [0, 0.05) is 38.0 Å². The van der Waals surface area contributed by atoms with Gasteiger partial charge in [-0.3, -0.25) is 4.79 Å². The summed E-state index contributed by atoms with van der Waals surface area (Å²) in [5.41, 5.74) is -1.21. The molecule has 9 nitrogen and oxygen atoms in total. The molecule has 0 bridgehead atoms. The van der Waals surface area contributed by atoms with E-state index < -0.39 is 27.8 Å². The van der Waals surface area contributed by atoms with Gasteiger partial charge in [-0.1, -0.05) is 18.2 Å². The Morgan fingerprint density at radius 2 is 1.91 bits per heavy atom. The fourth-order valence-electron chi connectivity index (χ4n) is 4.39. The number of benzene rings is 1. The van der Waals surface area contributed by atoms with Crippen molar-refractivity contribution in [2.75, 3.05) is 33.6 Å². The number of rotatable bonds is 9. The van der Waals surface area contributed by atoms with Gasteiger partial charge < -0.3 is 24.2 Å². The number of likely N-dealkylation sites (tertiary alicyclic amines) is 1. The molecule has 2 aromatic rings. The van der Waals surface area contributed by atoms with Gasteiger partial charge in [-0.15, -0.1) is 0 Å². The first-order chi connectivity index (χ1) is 15.4. The van der Waals surface area contributed by atoms with Gasteiger partial charge in [0.1, 0.15) is 12.3 Å². The zero-order chi connectivity index (χ0) is 22.8. The maximum absolute atomic E-state index is 13.0. The standard InChI is InChI=1S/C22H28N2O7S/c1-29-16-23-11-9-19(21(23)25)22(26,10-7-20-30-13-14-31-20)17-8-12-24(15-17)32(27,28)18-5-3-2-4-6-18/h2-6,8,12,15,19-20,26H,7,9-11,13-14,16H2,1H3. The fraction of sp³-hybridized carbons (Fsp3) is 0.500. The molecule has 1 aromatic carbocycles. The number of carbonyl (C=O) groups is 1. The molecule has 1 N–H and O–H groups in total. The van der Waals surface area contributed by atoms with Crippen molar-refractivity contribution in [3.8, 4) is 0 Å². The van der Waals surface area contributed by atoms with Gasteiger partial charge in [0.2, 0.25) is 5.91 Å². The van der Waals surface area contributed by atoms with Crippen molar-refractivity contribution in [3.63, 3.8) is 0 Å². The highest BCUT2D eigenvalue weighted by molar-refractivity contribution is 7.90. The topological polar surface area (TPSA) is 107 Å². The fourth-order valence-corrected chi connectivity index (χ4v) is 5.61. The van der Waals surface area contributed by atoms with Gasteiger partial charge in [-0.05, 0) is 31.0 Å². The quantitative estimate of drug-likeness (QED) is 0.600. The van der Waals surface area contributed by atoms with Gasteiger partial charge in [0.05, 0.1) is 24.0 Å². The molecule has 0 spiro atoms. The van der Waals surface area contributed by atoms with Crippen LogP contribution in [0.3, 0.4) is 0 Å². The zero-order valence-corrected chi connectivity index (χ0v) is 18.7. The van der Waals surface area contributed by atoms with Gasteiger partial charge >= 0.3 is 0 Å². The Bertz CT molecular complexity index is 1030. The Hall–Kier alpha value is -2.24. The number of nitrogens with zero attached hydrogens (tertiary/aromatic N) is 2. The van der Waals surface area contributed by atoms with E-state index in [-0.39, 0.29) is 24.0 Å². The summed E-state index contributed by atoms with van der Waals surface area (Å²) in [5.74, 6) is -0.949. The number of methoxy groups -OCH3 is 1. The summed E-state index contributed by atoms with van der Waals surface area (Å²) in [5, 5.41) is 11.8. The number of ether oxygens (including phenoxy) is 3.